The summed E-state index contributed by atoms with van der Waals surface area (Å²) >= 11 is 0. The van der Waals surface area contributed by atoms with Gasteiger partial charge in [-0.25, -0.2) is 0 Å². The molecule has 0 rings (SSSR count). The van der Waals surface area contributed by atoms with Crippen molar-refractivity contribution < 1.29 is 22.6 Å². The van der Waals surface area contributed by atoms with E-state index in [0.29, 0.717) is 19.6 Å². The van der Waals surface area contributed by atoms with E-state index < -0.39 is 18.4 Å². The second-order valence-corrected chi connectivity index (χ2v) is 3.83. The normalized spacial score (nSPS) is 13.2. The fraction of sp³-hybridized carbons (Fsp3) is 1.00. The van der Waals surface area contributed by atoms with Crippen LogP contribution in [0.4, 0.5) is 13.2 Å². The Morgan fingerprint density at radius 3 is 2.20 bits per heavy atom. The molecule has 15 heavy (non-hydrogen) atoms. The van der Waals surface area contributed by atoms with E-state index >= 15 is 0 Å². The van der Waals surface area contributed by atoms with Crippen molar-refractivity contribution in [2.24, 2.45) is 5.73 Å². The summed E-state index contributed by atoms with van der Waals surface area (Å²) in [5, 5.41) is 0. The highest BCUT2D eigenvalue weighted by Gasteiger charge is 2.27. The van der Waals surface area contributed by atoms with E-state index in [-0.39, 0.29) is 6.61 Å². The highest BCUT2D eigenvalue weighted by molar-refractivity contribution is 4.68. The number of ether oxygens (including phenoxy) is 2. The van der Waals surface area contributed by atoms with Crippen LogP contribution < -0.4 is 5.73 Å². The van der Waals surface area contributed by atoms with Gasteiger partial charge >= 0.3 is 6.18 Å². The molecule has 0 saturated heterocycles. The summed E-state index contributed by atoms with van der Waals surface area (Å²) in [7, 11) is 0. The van der Waals surface area contributed by atoms with Gasteiger partial charge in [-0.1, -0.05) is 0 Å². The van der Waals surface area contributed by atoms with E-state index in [0.717, 1.165) is 0 Å². The Balaban J connectivity index is 3.33. The molecule has 0 aromatic carbocycles. The lowest BCUT2D eigenvalue weighted by molar-refractivity contribution is -0.175. The molecule has 2 N–H and O–H groups in total. The third-order valence-corrected chi connectivity index (χ3v) is 1.68. The molecule has 3 nitrogen and oxygen atoms in total. The zero-order valence-electron chi connectivity index (χ0n) is 9.06. The van der Waals surface area contributed by atoms with Gasteiger partial charge < -0.3 is 15.2 Å². The third-order valence-electron chi connectivity index (χ3n) is 1.68. The lowest BCUT2D eigenvalue weighted by atomic mass is 10.1. The third kappa shape index (κ3) is 9.96. The van der Waals surface area contributed by atoms with Crippen LogP contribution in [0.1, 0.15) is 20.3 Å². The van der Waals surface area contributed by atoms with Crippen LogP contribution >= 0.6 is 0 Å². The van der Waals surface area contributed by atoms with Crippen LogP contribution in [-0.4, -0.2) is 38.1 Å². The Morgan fingerprint density at radius 2 is 1.73 bits per heavy atom. The summed E-state index contributed by atoms with van der Waals surface area (Å²) in [4.78, 5) is 0. The molecule has 92 valence electrons. The average Bonchev–Trinajstić information content (AvgIpc) is 2.09. The molecule has 0 aliphatic heterocycles. The van der Waals surface area contributed by atoms with Crippen LogP contribution in [0.5, 0.6) is 0 Å². The smallest absolute Gasteiger partial charge is 0.374 e. The Bertz CT molecular complexity index is 171. The lowest BCUT2D eigenvalue weighted by Gasteiger charge is -2.23. The van der Waals surface area contributed by atoms with Crippen molar-refractivity contribution in [3.05, 3.63) is 0 Å². The van der Waals surface area contributed by atoms with Crippen molar-refractivity contribution >= 4 is 0 Å². The number of hydrogen-bond acceptors (Lipinski definition) is 3. The fourth-order valence-electron chi connectivity index (χ4n) is 0.756. The first-order valence-corrected chi connectivity index (χ1v) is 4.75. The molecule has 0 spiro atoms. The van der Waals surface area contributed by atoms with Crippen molar-refractivity contribution in [2.75, 3.05) is 26.4 Å². The van der Waals surface area contributed by atoms with Crippen LogP contribution in [0.3, 0.4) is 0 Å². The fourth-order valence-corrected chi connectivity index (χ4v) is 0.756. The molecule has 0 fully saturated rings. The molecule has 0 atom stereocenters. The van der Waals surface area contributed by atoms with Crippen molar-refractivity contribution in [3.8, 4) is 0 Å². The van der Waals surface area contributed by atoms with Gasteiger partial charge in [-0.2, -0.15) is 13.2 Å². The van der Waals surface area contributed by atoms with E-state index in [9.17, 15) is 13.2 Å². The molecular weight excluding hydrogens is 211 g/mol. The van der Waals surface area contributed by atoms with E-state index in [4.69, 9.17) is 10.5 Å². The van der Waals surface area contributed by atoms with Gasteiger partial charge in [-0.05, 0) is 20.3 Å². The SMILES string of the molecule is CC(C)(CN)OCCCOCC(F)(F)F. The molecule has 0 aromatic heterocycles. The first kappa shape index (κ1) is 14.7. The number of alkyl halides is 3. The zero-order valence-corrected chi connectivity index (χ0v) is 9.06. The predicted octanol–water partition coefficient (Wildman–Crippen LogP) is 1.71. The van der Waals surface area contributed by atoms with Crippen LogP contribution in [0.25, 0.3) is 0 Å². The van der Waals surface area contributed by atoms with E-state index in [2.05, 4.69) is 4.74 Å². The van der Waals surface area contributed by atoms with Crippen LogP contribution in [0.15, 0.2) is 0 Å². The Hall–Kier alpha value is -0.330. The molecule has 0 heterocycles. The molecule has 0 saturated carbocycles. The van der Waals surface area contributed by atoms with Gasteiger partial charge in [0, 0.05) is 19.8 Å². The summed E-state index contributed by atoms with van der Waals surface area (Å²) in [5.41, 5.74) is 4.97. The monoisotopic (exact) mass is 229 g/mol. The van der Waals surface area contributed by atoms with E-state index in [1.165, 1.54) is 0 Å². The summed E-state index contributed by atoms with van der Waals surface area (Å²) in [6, 6.07) is 0. The van der Waals surface area contributed by atoms with Crippen molar-refractivity contribution in [1.29, 1.82) is 0 Å². The first-order chi connectivity index (χ1) is 6.77. The van der Waals surface area contributed by atoms with Gasteiger partial charge in [0.25, 0.3) is 0 Å². The molecular formula is C9H18F3NO2. The van der Waals surface area contributed by atoms with Gasteiger partial charge in [0.2, 0.25) is 0 Å². The highest BCUT2D eigenvalue weighted by Crippen LogP contribution is 2.14. The maximum atomic E-state index is 11.6. The van der Waals surface area contributed by atoms with Gasteiger partial charge in [0.05, 0.1) is 5.60 Å². The number of halogens is 3. The van der Waals surface area contributed by atoms with E-state index in [1.807, 2.05) is 13.8 Å². The van der Waals surface area contributed by atoms with Gasteiger partial charge in [0.15, 0.2) is 0 Å². The maximum Gasteiger partial charge on any atom is 0.411 e. The van der Waals surface area contributed by atoms with Crippen LogP contribution in [-0.2, 0) is 9.47 Å². The molecule has 6 heteroatoms. The molecule has 0 aromatic rings. The minimum atomic E-state index is -4.25. The molecule has 0 bridgehead atoms. The summed E-state index contributed by atoms with van der Waals surface area (Å²) in [6.07, 6.45) is -3.82. The largest absolute Gasteiger partial charge is 0.411 e. The maximum absolute atomic E-state index is 11.6. The molecule has 0 radical (unpaired) electrons. The number of hydrogen-bond donors (Lipinski definition) is 1. The molecule has 0 unspecified atom stereocenters. The second-order valence-electron chi connectivity index (χ2n) is 3.83. The summed E-state index contributed by atoms with van der Waals surface area (Å²) in [5.74, 6) is 0. The van der Waals surface area contributed by atoms with Crippen molar-refractivity contribution in [3.63, 3.8) is 0 Å². The number of rotatable bonds is 7. The topological polar surface area (TPSA) is 44.5 Å². The lowest BCUT2D eigenvalue weighted by Crippen LogP contribution is -2.34. The van der Waals surface area contributed by atoms with Crippen LogP contribution in [0, 0.1) is 0 Å². The first-order valence-electron chi connectivity index (χ1n) is 4.75. The average molecular weight is 229 g/mol. The van der Waals surface area contributed by atoms with Crippen molar-refractivity contribution in [1.82, 2.24) is 0 Å². The minimum Gasteiger partial charge on any atom is -0.374 e. The Labute approximate surface area is 87.7 Å². The van der Waals surface area contributed by atoms with Crippen LogP contribution in [0.2, 0.25) is 0 Å². The summed E-state index contributed by atoms with van der Waals surface area (Å²) < 4.78 is 44.6. The highest BCUT2D eigenvalue weighted by atomic mass is 19.4. The standard InChI is InChI=1S/C9H18F3NO2/c1-8(2,6-13)15-5-3-4-14-7-9(10,11)12/h3-7,13H2,1-2H3. The van der Waals surface area contributed by atoms with Crippen molar-refractivity contribution in [2.45, 2.75) is 32.0 Å². The van der Waals surface area contributed by atoms with E-state index in [1.54, 1.807) is 0 Å². The van der Waals surface area contributed by atoms with Gasteiger partial charge in [-0.15, -0.1) is 0 Å². The molecule has 0 aliphatic carbocycles. The van der Waals surface area contributed by atoms with Gasteiger partial charge in [-0.3, -0.25) is 0 Å². The summed E-state index contributed by atoms with van der Waals surface area (Å²) in [6.45, 7) is 3.21. The molecule has 0 aliphatic rings. The quantitative estimate of drug-likeness (QED) is 0.676. The Kier molecular flexibility index (Phi) is 6.16. The second kappa shape index (κ2) is 6.30. The minimum absolute atomic E-state index is 0.0418. The number of nitrogens with two attached hydrogens (primary N) is 1. The molecule has 0 amide bonds. The predicted molar refractivity (Wildman–Crippen MR) is 50.6 cm³/mol. The Morgan fingerprint density at radius 1 is 1.13 bits per heavy atom. The van der Waals surface area contributed by atoms with Gasteiger partial charge in [0.1, 0.15) is 6.61 Å². The zero-order chi connectivity index (χ0) is 11.9.